The van der Waals surface area contributed by atoms with Crippen LogP contribution in [0, 0.1) is 5.82 Å². The van der Waals surface area contributed by atoms with Crippen LogP contribution in [0.2, 0.25) is 0 Å². The lowest BCUT2D eigenvalue weighted by Crippen LogP contribution is -2.62. The topological polar surface area (TPSA) is 74.8 Å². The lowest BCUT2D eigenvalue weighted by molar-refractivity contribution is -0.138. The zero-order valence-electron chi connectivity index (χ0n) is 19.1. The summed E-state index contributed by atoms with van der Waals surface area (Å²) in [6, 6.07) is 7.79. The minimum atomic E-state index is -4.79. The molecule has 36 heavy (non-hydrogen) atoms. The fourth-order valence-corrected chi connectivity index (χ4v) is 4.13. The van der Waals surface area contributed by atoms with Gasteiger partial charge in [0.15, 0.2) is 0 Å². The number of halogens is 4. The number of carbonyl (C=O) groups excluding carboxylic acids is 2. The molecule has 2 aromatic carbocycles. The molecule has 1 aromatic heterocycles. The molecular weight excluding hydrogens is 480 g/mol. The van der Waals surface area contributed by atoms with Crippen LogP contribution in [0.4, 0.5) is 27.2 Å². The Hall–Kier alpha value is -3.99. The van der Waals surface area contributed by atoms with Gasteiger partial charge in [-0.1, -0.05) is 30.3 Å². The molecule has 0 spiro atoms. The quantitative estimate of drug-likeness (QED) is 0.364. The summed E-state index contributed by atoms with van der Waals surface area (Å²) in [4.78, 5) is 30.1. The summed E-state index contributed by atoms with van der Waals surface area (Å²) in [6.45, 7) is 5.22. The first-order valence-corrected chi connectivity index (χ1v) is 11.0. The summed E-state index contributed by atoms with van der Waals surface area (Å²) in [7, 11) is 0. The molecule has 0 unspecified atom stereocenters. The monoisotopic (exact) mass is 502 g/mol. The van der Waals surface area contributed by atoms with Crippen molar-refractivity contribution in [2.24, 2.45) is 0 Å². The molecule has 1 aliphatic rings. The summed E-state index contributed by atoms with van der Waals surface area (Å²) >= 11 is 0. The molecule has 0 aliphatic carbocycles. The lowest BCUT2D eigenvalue weighted by Gasteiger charge is -2.44. The van der Waals surface area contributed by atoms with E-state index in [0.29, 0.717) is 11.6 Å². The molecule has 3 amide bonds. The molecule has 1 saturated heterocycles. The first-order valence-electron chi connectivity index (χ1n) is 11.0. The number of benzene rings is 2. The Bertz CT molecular complexity index is 1310. The molecule has 1 N–H and O–H groups in total. The standard InChI is InChI=1S/C25H22F4N4O3/c1-3-8-32-15(2)22(17-9-19(25(27,28)29)11-20(26)10-17)36-24(35)33(32)23(34)31-14-18-13-30-12-16-6-4-5-7-21(16)18/h3-7,9-13,15,22H,1,8,14H2,2H3,(H,31,34)/t15-,22-/m0/s1. The number of hydrazine groups is 1. The van der Waals surface area contributed by atoms with Crippen molar-refractivity contribution in [3.8, 4) is 0 Å². The molecule has 2 heterocycles. The van der Waals surface area contributed by atoms with Crippen LogP contribution in [-0.4, -0.2) is 39.7 Å². The molecule has 0 radical (unpaired) electrons. The number of rotatable bonds is 5. The number of urea groups is 1. The van der Waals surface area contributed by atoms with Gasteiger partial charge in [0, 0.05) is 30.9 Å². The third-order valence-corrected chi connectivity index (χ3v) is 5.83. The van der Waals surface area contributed by atoms with Crippen LogP contribution in [0.3, 0.4) is 0 Å². The smallest absolute Gasteiger partial charge is 0.433 e. The number of hydrogen-bond acceptors (Lipinski definition) is 5. The second kappa shape index (κ2) is 9.94. The van der Waals surface area contributed by atoms with Crippen molar-refractivity contribution in [3.63, 3.8) is 0 Å². The van der Waals surface area contributed by atoms with Gasteiger partial charge in [0.2, 0.25) is 0 Å². The number of hydrogen-bond donors (Lipinski definition) is 1. The van der Waals surface area contributed by atoms with E-state index in [4.69, 9.17) is 4.74 Å². The largest absolute Gasteiger partial charge is 0.438 e. The van der Waals surface area contributed by atoms with Gasteiger partial charge in [0.25, 0.3) is 0 Å². The van der Waals surface area contributed by atoms with E-state index in [1.54, 1.807) is 19.3 Å². The van der Waals surface area contributed by atoms with E-state index in [1.807, 2.05) is 24.3 Å². The fourth-order valence-electron chi connectivity index (χ4n) is 4.13. The minimum Gasteiger partial charge on any atom is -0.438 e. The number of cyclic esters (lactones) is 1. The summed E-state index contributed by atoms with van der Waals surface area (Å²) in [5, 5.41) is 6.43. The summed E-state index contributed by atoms with van der Waals surface area (Å²) in [6.07, 6.45) is -2.46. The van der Waals surface area contributed by atoms with Gasteiger partial charge in [-0.3, -0.25) is 4.98 Å². The molecule has 3 aromatic rings. The van der Waals surface area contributed by atoms with Gasteiger partial charge in [-0.15, -0.1) is 6.58 Å². The molecule has 4 rings (SSSR count). The summed E-state index contributed by atoms with van der Waals surface area (Å²) < 4.78 is 59.0. The summed E-state index contributed by atoms with van der Waals surface area (Å²) in [5.74, 6) is -1.12. The highest BCUT2D eigenvalue weighted by atomic mass is 19.4. The van der Waals surface area contributed by atoms with Crippen molar-refractivity contribution in [2.45, 2.75) is 31.8 Å². The van der Waals surface area contributed by atoms with Gasteiger partial charge < -0.3 is 10.1 Å². The minimum absolute atomic E-state index is 0.00253. The number of pyridine rings is 1. The Morgan fingerprint density at radius 1 is 1.22 bits per heavy atom. The van der Waals surface area contributed by atoms with Gasteiger partial charge in [-0.2, -0.15) is 23.2 Å². The Morgan fingerprint density at radius 3 is 2.69 bits per heavy atom. The van der Waals surface area contributed by atoms with Crippen molar-refractivity contribution in [2.75, 3.05) is 6.54 Å². The van der Waals surface area contributed by atoms with E-state index < -0.39 is 41.8 Å². The molecule has 1 fully saturated rings. The van der Waals surface area contributed by atoms with Gasteiger partial charge >= 0.3 is 18.3 Å². The molecule has 7 nitrogen and oxygen atoms in total. The predicted octanol–water partition coefficient (Wildman–Crippen LogP) is 5.59. The molecule has 0 saturated carbocycles. The maximum Gasteiger partial charge on any atom is 0.433 e. The first kappa shape index (κ1) is 25.1. The maximum atomic E-state index is 14.0. The average molecular weight is 502 g/mol. The van der Waals surface area contributed by atoms with Crippen molar-refractivity contribution in [1.82, 2.24) is 20.3 Å². The lowest BCUT2D eigenvalue weighted by atomic mass is 9.99. The Morgan fingerprint density at radius 2 is 1.97 bits per heavy atom. The van der Waals surface area contributed by atoms with Crippen LogP contribution in [0.25, 0.3) is 10.8 Å². The number of imide groups is 1. The predicted molar refractivity (Wildman–Crippen MR) is 123 cm³/mol. The molecule has 188 valence electrons. The van der Waals surface area contributed by atoms with Crippen LogP contribution in [-0.2, 0) is 17.5 Å². The van der Waals surface area contributed by atoms with Gasteiger partial charge in [-0.25, -0.2) is 14.0 Å². The average Bonchev–Trinajstić information content (AvgIpc) is 2.83. The number of aromatic nitrogens is 1. The fraction of sp³-hybridized carbons (Fsp3) is 0.240. The molecule has 11 heteroatoms. The number of carbonyl (C=O) groups is 2. The van der Waals surface area contributed by atoms with Crippen LogP contribution in [0.5, 0.6) is 0 Å². The van der Waals surface area contributed by atoms with E-state index in [-0.39, 0.29) is 18.7 Å². The van der Waals surface area contributed by atoms with Crippen molar-refractivity contribution in [1.29, 1.82) is 0 Å². The highest BCUT2D eigenvalue weighted by Crippen LogP contribution is 2.36. The Kier molecular flexibility index (Phi) is 6.93. The maximum absolute atomic E-state index is 14.0. The van der Waals surface area contributed by atoms with Gasteiger partial charge in [-0.05, 0) is 41.6 Å². The van der Waals surface area contributed by atoms with Gasteiger partial charge in [0.05, 0.1) is 11.6 Å². The second-order valence-corrected chi connectivity index (χ2v) is 8.22. The Balaban J connectivity index is 1.57. The molecule has 1 aliphatic heterocycles. The number of alkyl halides is 3. The number of amides is 3. The van der Waals surface area contributed by atoms with Crippen LogP contribution < -0.4 is 5.32 Å². The third-order valence-electron chi connectivity index (χ3n) is 5.83. The first-order chi connectivity index (χ1) is 17.1. The number of nitrogens with zero attached hydrogens (tertiary/aromatic N) is 3. The number of nitrogens with one attached hydrogen (secondary N) is 1. The SMILES string of the molecule is C=CCN1[C@@H](C)[C@@H](c2cc(F)cc(C(F)(F)F)c2)OC(=O)N1C(=O)NCc1cncc2ccccc12. The molecule has 2 atom stereocenters. The van der Waals surface area contributed by atoms with E-state index in [2.05, 4.69) is 16.9 Å². The highest BCUT2D eigenvalue weighted by molar-refractivity contribution is 5.91. The molecular formula is C25H22F4N4O3. The van der Waals surface area contributed by atoms with Crippen molar-refractivity contribution >= 4 is 22.9 Å². The van der Waals surface area contributed by atoms with Crippen LogP contribution in [0.15, 0.2) is 67.5 Å². The van der Waals surface area contributed by atoms with Crippen molar-refractivity contribution < 1.29 is 31.9 Å². The molecule has 0 bridgehead atoms. The number of fused-ring (bicyclic) bond motifs is 1. The third kappa shape index (κ3) is 5.01. The zero-order chi connectivity index (χ0) is 26.0. The Labute approximate surface area is 203 Å². The van der Waals surface area contributed by atoms with E-state index in [0.717, 1.165) is 27.9 Å². The van der Waals surface area contributed by atoms with E-state index >= 15 is 0 Å². The number of ether oxygens (including phenoxy) is 1. The van der Waals surface area contributed by atoms with Gasteiger partial charge in [0.1, 0.15) is 11.9 Å². The second-order valence-electron chi connectivity index (χ2n) is 8.22. The highest BCUT2D eigenvalue weighted by Gasteiger charge is 2.44. The zero-order valence-corrected chi connectivity index (χ0v) is 19.1. The normalized spacial score (nSPS) is 18.7. The van der Waals surface area contributed by atoms with Crippen molar-refractivity contribution in [3.05, 3.63) is 90.0 Å². The van der Waals surface area contributed by atoms with Crippen LogP contribution >= 0.6 is 0 Å². The van der Waals surface area contributed by atoms with E-state index in [9.17, 15) is 27.2 Å². The summed E-state index contributed by atoms with van der Waals surface area (Å²) in [5.41, 5.74) is -0.675. The van der Waals surface area contributed by atoms with Crippen LogP contribution in [0.1, 0.15) is 29.7 Å². The van der Waals surface area contributed by atoms with E-state index in [1.165, 1.54) is 11.1 Å².